The summed E-state index contributed by atoms with van der Waals surface area (Å²) in [6.07, 6.45) is -1.84. The lowest BCUT2D eigenvalue weighted by Crippen LogP contribution is -2.51. The van der Waals surface area contributed by atoms with Crippen LogP contribution in [0.3, 0.4) is 0 Å². The average Bonchev–Trinajstić information content (AvgIpc) is 2.37. The van der Waals surface area contributed by atoms with Gasteiger partial charge in [-0.2, -0.15) is 0 Å². The maximum absolute atomic E-state index is 12.3. The van der Waals surface area contributed by atoms with E-state index < -0.39 is 12.0 Å². The van der Waals surface area contributed by atoms with Gasteiger partial charge in [-0.05, 0) is 25.0 Å². The molecule has 0 aromatic heterocycles. The number of benzene rings is 1. The first-order valence-corrected chi connectivity index (χ1v) is 5.86. The van der Waals surface area contributed by atoms with Crippen molar-refractivity contribution in [3.63, 3.8) is 0 Å². The number of halogens is 2. The number of rotatable bonds is 7. The van der Waals surface area contributed by atoms with E-state index in [9.17, 15) is 8.78 Å². The van der Waals surface area contributed by atoms with Gasteiger partial charge in [-0.15, -0.1) is 0 Å². The van der Waals surface area contributed by atoms with Crippen molar-refractivity contribution in [2.75, 3.05) is 20.2 Å². The van der Waals surface area contributed by atoms with Crippen LogP contribution >= 0.6 is 0 Å². The Labute approximate surface area is 106 Å². The molecule has 0 fully saturated rings. The van der Waals surface area contributed by atoms with E-state index in [2.05, 4.69) is 5.32 Å². The van der Waals surface area contributed by atoms with Gasteiger partial charge >= 0.3 is 0 Å². The van der Waals surface area contributed by atoms with E-state index >= 15 is 0 Å². The number of nitrogens with one attached hydrogen (secondary N) is 1. The molecule has 1 atom stereocenters. The van der Waals surface area contributed by atoms with Crippen LogP contribution in [-0.4, -0.2) is 32.2 Å². The van der Waals surface area contributed by atoms with Crippen molar-refractivity contribution < 1.29 is 13.5 Å². The van der Waals surface area contributed by atoms with Crippen molar-refractivity contribution in [2.45, 2.75) is 25.3 Å². The first kappa shape index (κ1) is 14.9. The van der Waals surface area contributed by atoms with Crippen LogP contribution in [0.2, 0.25) is 0 Å². The van der Waals surface area contributed by atoms with Crippen molar-refractivity contribution in [1.82, 2.24) is 5.32 Å². The van der Waals surface area contributed by atoms with Crippen LogP contribution in [0.1, 0.15) is 12.5 Å². The Bertz CT molecular complexity index is 374. The molecular weight excluding hydrogens is 238 g/mol. The minimum absolute atomic E-state index is 0.276. The molecule has 3 nitrogen and oxygen atoms in total. The number of nitrogens with two attached hydrogens (primary N) is 1. The normalized spacial score (nSPS) is 14.6. The molecule has 1 unspecified atom stereocenters. The first-order chi connectivity index (χ1) is 8.50. The second-order valence-corrected chi connectivity index (χ2v) is 4.53. The van der Waals surface area contributed by atoms with E-state index in [0.29, 0.717) is 6.42 Å². The molecule has 0 heterocycles. The lowest BCUT2D eigenvalue weighted by atomic mass is 9.92. The summed E-state index contributed by atoms with van der Waals surface area (Å²) in [6.45, 7) is 1.75. The second-order valence-electron chi connectivity index (χ2n) is 4.53. The second kappa shape index (κ2) is 6.66. The zero-order chi connectivity index (χ0) is 13.6. The summed E-state index contributed by atoms with van der Waals surface area (Å²) in [5.74, 6) is 0.746. The van der Waals surface area contributed by atoms with Crippen molar-refractivity contribution in [2.24, 2.45) is 5.73 Å². The molecule has 0 spiro atoms. The third-order valence-corrected chi connectivity index (χ3v) is 2.91. The summed E-state index contributed by atoms with van der Waals surface area (Å²) in [6, 6.07) is 7.52. The Balaban J connectivity index is 2.77. The lowest BCUT2D eigenvalue weighted by Gasteiger charge is -2.30. The van der Waals surface area contributed by atoms with Gasteiger partial charge in [0.15, 0.2) is 0 Å². The molecule has 3 N–H and O–H groups in total. The van der Waals surface area contributed by atoms with Gasteiger partial charge in [0.1, 0.15) is 5.75 Å². The number of alkyl halides is 2. The number of para-hydroxylation sites is 1. The van der Waals surface area contributed by atoms with E-state index in [1.165, 1.54) is 0 Å². The molecule has 0 radical (unpaired) electrons. The van der Waals surface area contributed by atoms with Crippen LogP contribution in [0.15, 0.2) is 24.3 Å². The van der Waals surface area contributed by atoms with Gasteiger partial charge in [0.05, 0.1) is 13.7 Å². The standard InChI is InChI=1S/C13H20F2N2O/c1-13(9-16,17-8-12(14)15)7-10-5-3-4-6-11(10)18-2/h3-6,12,17H,7-9,16H2,1-2H3. The predicted molar refractivity (Wildman–Crippen MR) is 68.2 cm³/mol. The number of hydrogen-bond acceptors (Lipinski definition) is 3. The maximum atomic E-state index is 12.3. The Morgan fingerprint density at radius 1 is 1.39 bits per heavy atom. The molecule has 18 heavy (non-hydrogen) atoms. The van der Waals surface area contributed by atoms with Gasteiger partial charge in [0.25, 0.3) is 6.43 Å². The minimum Gasteiger partial charge on any atom is -0.496 e. The predicted octanol–water partition coefficient (Wildman–Crippen LogP) is 1.81. The largest absolute Gasteiger partial charge is 0.496 e. The number of hydrogen-bond donors (Lipinski definition) is 2. The molecule has 0 bridgehead atoms. The fourth-order valence-electron chi connectivity index (χ4n) is 1.80. The SMILES string of the molecule is COc1ccccc1CC(C)(CN)NCC(F)F. The van der Waals surface area contributed by atoms with Gasteiger partial charge in [-0.3, -0.25) is 0 Å². The lowest BCUT2D eigenvalue weighted by molar-refractivity contribution is 0.131. The molecule has 0 saturated heterocycles. The summed E-state index contributed by atoms with van der Waals surface area (Å²) in [4.78, 5) is 0. The van der Waals surface area contributed by atoms with Gasteiger partial charge in [0, 0.05) is 12.1 Å². The summed E-state index contributed by atoms with van der Waals surface area (Å²) >= 11 is 0. The van der Waals surface area contributed by atoms with Crippen molar-refractivity contribution in [3.8, 4) is 5.75 Å². The average molecular weight is 258 g/mol. The summed E-state index contributed by atoms with van der Waals surface area (Å²) in [5, 5.41) is 2.81. The highest BCUT2D eigenvalue weighted by atomic mass is 19.3. The molecule has 1 aromatic rings. The molecule has 5 heteroatoms. The third kappa shape index (κ3) is 4.23. The molecule has 0 aliphatic heterocycles. The quantitative estimate of drug-likeness (QED) is 0.784. The fourth-order valence-corrected chi connectivity index (χ4v) is 1.80. The van der Waals surface area contributed by atoms with Crippen molar-refractivity contribution >= 4 is 0 Å². The molecule has 0 aliphatic carbocycles. The topological polar surface area (TPSA) is 47.3 Å². The van der Waals surface area contributed by atoms with Gasteiger partial charge < -0.3 is 15.8 Å². The fraction of sp³-hybridized carbons (Fsp3) is 0.538. The molecular formula is C13H20F2N2O. The van der Waals surface area contributed by atoms with E-state index in [1.54, 1.807) is 7.11 Å². The van der Waals surface area contributed by atoms with Crippen molar-refractivity contribution in [3.05, 3.63) is 29.8 Å². The summed E-state index contributed by atoms with van der Waals surface area (Å²) < 4.78 is 29.8. The van der Waals surface area contributed by atoms with Gasteiger partial charge in [-0.1, -0.05) is 18.2 Å². The van der Waals surface area contributed by atoms with E-state index in [1.807, 2.05) is 31.2 Å². The highest BCUT2D eigenvalue weighted by molar-refractivity contribution is 5.34. The van der Waals surface area contributed by atoms with Gasteiger partial charge in [0.2, 0.25) is 0 Å². The highest BCUT2D eigenvalue weighted by Gasteiger charge is 2.25. The van der Waals surface area contributed by atoms with Gasteiger partial charge in [-0.25, -0.2) is 8.78 Å². The van der Waals surface area contributed by atoms with E-state index in [0.717, 1.165) is 11.3 Å². The highest BCUT2D eigenvalue weighted by Crippen LogP contribution is 2.22. The third-order valence-electron chi connectivity index (χ3n) is 2.91. The first-order valence-electron chi connectivity index (χ1n) is 5.86. The Morgan fingerprint density at radius 2 is 2.06 bits per heavy atom. The van der Waals surface area contributed by atoms with E-state index in [-0.39, 0.29) is 13.1 Å². The smallest absolute Gasteiger partial charge is 0.250 e. The molecule has 0 saturated carbocycles. The van der Waals surface area contributed by atoms with Crippen LogP contribution in [0.4, 0.5) is 8.78 Å². The Morgan fingerprint density at radius 3 is 2.61 bits per heavy atom. The number of ether oxygens (including phenoxy) is 1. The zero-order valence-electron chi connectivity index (χ0n) is 10.7. The molecule has 1 aromatic carbocycles. The molecule has 102 valence electrons. The monoisotopic (exact) mass is 258 g/mol. The minimum atomic E-state index is -2.38. The van der Waals surface area contributed by atoms with Crippen LogP contribution in [-0.2, 0) is 6.42 Å². The Kier molecular flexibility index (Phi) is 5.50. The molecule has 1 rings (SSSR count). The maximum Gasteiger partial charge on any atom is 0.250 e. The van der Waals surface area contributed by atoms with Crippen LogP contribution in [0.25, 0.3) is 0 Å². The molecule has 0 amide bonds. The van der Waals surface area contributed by atoms with Crippen LogP contribution < -0.4 is 15.8 Å². The Hall–Kier alpha value is -1.20. The zero-order valence-corrected chi connectivity index (χ0v) is 10.7. The van der Waals surface area contributed by atoms with E-state index in [4.69, 9.17) is 10.5 Å². The summed E-state index contributed by atoms with van der Waals surface area (Å²) in [5.41, 5.74) is 6.07. The van der Waals surface area contributed by atoms with Crippen LogP contribution in [0, 0.1) is 0 Å². The van der Waals surface area contributed by atoms with Crippen molar-refractivity contribution in [1.29, 1.82) is 0 Å². The number of methoxy groups -OCH3 is 1. The molecule has 0 aliphatic rings. The van der Waals surface area contributed by atoms with Crippen LogP contribution in [0.5, 0.6) is 5.75 Å². The summed E-state index contributed by atoms with van der Waals surface area (Å²) in [7, 11) is 1.59.